The molecule has 3 N–H and O–H groups in total. The molecular formula is C19H31N3O4S. The molecule has 1 amide bonds. The second kappa shape index (κ2) is 7.41. The van der Waals surface area contributed by atoms with Crippen molar-refractivity contribution in [2.45, 2.75) is 57.5 Å². The number of nitrogens with zero attached hydrogens (tertiary/aromatic N) is 1. The summed E-state index contributed by atoms with van der Waals surface area (Å²) in [5, 5.41) is 0. The van der Waals surface area contributed by atoms with Crippen molar-refractivity contribution in [1.29, 1.82) is 0 Å². The fraction of sp³-hybridized carbons (Fsp3) is 0.632. The monoisotopic (exact) mass is 397 g/mol. The van der Waals surface area contributed by atoms with E-state index >= 15 is 0 Å². The highest BCUT2D eigenvalue weighted by atomic mass is 32.2. The molecule has 0 radical (unpaired) electrons. The van der Waals surface area contributed by atoms with Gasteiger partial charge < -0.3 is 15.4 Å². The van der Waals surface area contributed by atoms with Gasteiger partial charge in [-0.25, -0.2) is 13.1 Å². The van der Waals surface area contributed by atoms with Gasteiger partial charge in [-0.3, -0.25) is 4.79 Å². The van der Waals surface area contributed by atoms with Crippen molar-refractivity contribution in [2.24, 2.45) is 11.1 Å². The zero-order valence-electron chi connectivity index (χ0n) is 17.0. The van der Waals surface area contributed by atoms with Crippen LogP contribution in [0, 0.1) is 5.41 Å². The lowest BCUT2D eigenvalue weighted by atomic mass is 9.79. The van der Waals surface area contributed by atoms with Crippen molar-refractivity contribution in [3.63, 3.8) is 0 Å². The lowest BCUT2D eigenvalue weighted by molar-refractivity contribution is 0.0532. The summed E-state index contributed by atoms with van der Waals surface area (Å²) in [6, 6.07) is 4.53. The van der Waals surface area contributed by atoms with Gasteiger partial charge in [0.15, 0.2) is 0 Å². The molecule has 1 aromatic carbocycles. The van der Waals surface area contributed by atoms with Crippen LogP contribution < -0.4 is 15.2 Å². The minimum absolute atomic E-state index is 0.0318. The molecule has 7 nitrogen and oxygen atoms in total. The quantitative estimate of drug-likeness (QED) is 0.809. The fourth-order valence-electron chi connectivity index (χ4n) is 3.21. The summed E-state index contributed by atoms with van der Waals surface area (Å²) < 4.78 is 33.4. The van der Waals surface area contributed by atoms with Gasteiger partial charge in [-0.2, -0.15) is 0 Å². The number of piperidine rings is 1. The van der Waals surface area contributed by atoms with Gasteiger partial charge in [0.25, 0.3) is 5.91 Å². The third-order valence-corrected chi connectivity index (χ3v) is 6.52. The minimum Gasteiger partial charge on any atom is -0.495 e. The van der Waals surface area contributed by atoms with Crippen molar-refractivity contribution in [1.82, 2.24) is 9.62 Å². The first-order valence-corrected chi connectivity index (χ1v) is 10.5. The molecule has 0 bridgehead atoms. The van der Waals surface area contributed by atoms with Crippen LogP contribution in [0.4, 0.5) is 0 Å². The third-order valence-electron chi connectivity index (χ3n) is 4.74. The van der Waals surface area contributed by atoms with E-state index in [1.54, 1.807) is 31.7 Å². The Balaban J connectivity index is 2.38. The molecule has 0 spiro atoms. The van der Waals surface area contributed by atoms with Crippen molar-refractivity contribution in [2.75, 3.05) is 20.2 Å². The van der Waals surface area contributed by atoms with Gasteiger partial charge in [-0.05, 0) is 50.8 Å². The molecule has 1 atom stereocenters. The van der Waals surface area contributed by atoms with Gasteiger partial charge in [0.2, 0.25) is 10.0 Å². The van der Waals surface area contributed by atoms with Gasteiger partial charge in [-0.15, -0.1) is 0 Å². The molecule has 0 aliphatic carbocycles. The number of carbonyl (C=O) groups is 1. The van der Waals surface area contributed by atoms with E-state index in [-0.39, 0.29) is 28.0 Å². The van der Waals surface area contributed by atoms with Crippen LogP contribution >= 0.6 is 0 Å². The number of ether oxygens (including phenoxy) is 1. The number of rotatable bonds is 4. The number of hydrogen-bond acceptors (Lipinski definition) is 5. The molecule has 0 aromatic heterocycles. The topological polar surface area (TPSA) is 102 Å². The van der Waals surface area contributed by atoms with Crippen LogP contribution in [-0.4, -0.2) is 51.0 Å². The Hall–Kier alpha value is -1.64. The summed E-state index contributed by atoms with van der Waals surface area (Å²) in [5.41, 5.74) is 5.62. The Labute approximate surface area is 162 Å². The summed E-state index contributed by atoms with van der Waals surface area (Å²) in [5.74, 6) is -0.00543. The molecular weight excluding hydrogens is 366 g/mol. The summed E-state index contributed by atoms with van der Waals surface area (Å²) in [6.07, 6.45) is 0.714. The van der Waals surface area contributed by atoms with Crippen LogP contribution in [-0.2, 0) is 10.0 Å². The van der Waals surface area contributed by atoms with E-state index in [9.17, 15) is 13.2 Å². The highest BCUT2D eigenvalue weighted by Crippen LogP contribution is 2.30. The predicted molar refractivity (Wildman–Crippen MR) is 105 cm³/mol. The molecule has 1 aromatic rings. The first-order chi connectivity index (χ1) is 12.3. The van der Waals surface area contributed by atoms with Crippen LogP contribution in [0.1, 0.15) is 51.4 Å². The van der Waals surface area contributed by atoms with E-state index in [1.165, 1.54) is 19.2 Å². The Morgan fingerprint density at radius 3 is 2.48 bits per heavy atom. The first-order valence-electron chi connectivity index (χ1n) is 9.04. The second-order valence-electron chi connectivity index (χ2n) is 8.83. The second-order valence-corrected chi connectivity index (χ2v) is 10.5. The molecule has 8 heteroatoms. The van der Waals surface area contributed by atoms with E-state index in [0.717, 1.165) is 0 Å². The number of nitrogens with one attached hydrogen (secondary N) is 1. The van der Waals surface area contributed by atoms with Gasteiger partial charge in [0.05, 0.1) is 7.11 Å². The van der Waals surface area contributed by atoms with Crippen molar-refractivity contribution in [3.05, 3.63) is 23.8 Å². The fourth-order valence-corrected chi connectivity index (χ4v) is 4.82. The Morgan fingerprint density at radius 2 is 1.96 bits per heavy atom. The van der Waals surface area contributed by atoms with E-state index in [1.807, 2.05) is 13.8 Å². The maximum atomic E-state index is 13.0. The SMILES string of the molecule is COc1ccc(C(=O)N2CCC(N)C(C)(C)C2)cc1S(=O)(=O)NC(C)(C)C. The molecule has 1 heterocycles. The maximum absolute atomic E-state index is 13.0. The van der Waals surface area contributed by atoms with Crippen LogP contribution in [0.2, 0.25) is 0 Å². The molecule has 27 heavy (non-hydrogen) atoms. The number of methoxy groups -OCH3 is 1. The number of benzene rings is 1. The molecule has 1 aliphatic rings. The zero-order valence-corrected chi connectivity index (χ0v) is 17.8. The summed E-state index contributed by atoms with van der Waals surface area (Å²) in [7, 11) is -2.44. The molecule has 1 unspecified atom stereocenters. The maximum Gasteiger partial charge on any atom is 0.253 e. The smallest absolute Gasteiger partial charge is 0.253 e. The van der Waals surface area contributed by atoms with Crippen LogP contribution in [0.3, 0.4) is 0 Å². The van der Waals surface area contributed by atoms with Gasteiger partial charge in [0, 0.05) is 30.2 Å². The van der Waals surface area contributed by atoms with E-state index < -0.39 is 15.6 Å². The van der Waals surface area contributed by atoms with E-state index in [2.05, 4.69) is 4.72 Å². The number of nitrogens with two attached hydrogens (primary N) is 1. The molecule has 152 valence electrons. The van der Waals surface area contributed by atoms with Crippen molar-refractivity contribution >= 4 is 15.9 Å². The van der Waals surface area contributed by atoms with Crippen molar-refractivity contribution < 1.29 is 17.9 Å². The number of amides is 1. The average Bonchev–Trinajstić information content (AvgIpc) is 2.54. The standard InChI is InChI=1S/C19H31N3O4S/c1-18(2,3)21-27(24,25)15-11-13(7-8-14(15)26-6)17(23)22-10-9-16(20)19(4,5)12-22/h7-8,11,16,21H,9-10,12,20H2,1-6H3. The number of likely N-dealkylation sites (tertiary alicyclic amines) is 1. The molecule has 1 aliphatic heterocycles. The van der Waals surface area contributed by atoms with E-state index in [4.69, 9.17) is 10.5 Å². The molecule has 1 fully saturated rings. The molecule has 1 saturated heterocycles. The van der Waals surface area contributed by atoms with Gasteiger partial charge in [-0.1, -0.05) is 13.8 Å². The highest BCUT2D eigenvalue weighted by Gasteiger charge is 2.36. The summed E-state index contributed by atoms with van der Waals surface area (Å²) in [6.45, 7) is 10.4. The number of carbonyl (C=O) groups excluding carboxylic acids is 1. The molecule has 2 rings (SSSR count). The number of hydrogen-bond donors (Lipinski definition) is 2. The average molecular weight is 398 g/mol. The minimum atomic E-state index is -3.84. The van der Waals surface area contributed by atoms with Crippen molar-refractivity contribution in [3.8, 4) is 5.75 Å². The summed E-state index contributed by atoms with van der Waals surface area (Å²) in [4.78, 5) is 14.7. The highest BCUT2D eigenvalue weighted by molar-refractivity contribution is 7.89. The third kappa shape index (κ3) is 5.00. The predicted octanol–water partition coefficient (Wildman–Crippen LogP) is 1.97. The van der Waals surface area contributed by atoms with Crippen LogP contribution in [0.25, 0.3) is 0 Å². The lowest BCUT2D eigenvalue weighted by Gasteiger charge is -2.42. The number of sulfonamides is 1. The summed E-state index contributed by atoms with van der Waals surface area (Å²) >= 11 is 0. The van der Waals surface area contributed by atoms with E-state index in [0.29, 0.717) is 25.1 Å². The first kappa shape index (κ1) is 21.7. The Bertz CT molecular complexity index is 813. The van der Waals surface area contributed by atoms with Crippen LogP contribution in [0.5, 0.6) is 5.75 Å². The van der Waals surface area contributed by atoms with Gasteiger partial charge in [0.1, 0.15) is 10.6 Å². The van der Waals surface area contributed by atoms with Gasteiger partial charge >= 0.3 is 0 Å². The zero-order chi connectivity index (χ0) is 20.6. The molecule has 0 saturated carbocycles. The normalized spacial score (nSPS) is 20.4. The lowest BCUT2D eigenvalue weighted by Crippen LogP contribution is -2.54. The van der Waals surface area contributed by atoms with Crippen LogP contribution in [0.15, 0.2) is 23.1 Å². The largest absolute Gasteiger partial charge is 0.495 e. The Morgan fingerprint density at radius 1 is 1.33 bits per heavy atom. The Kier molecular flexibility index (Phi) is 5.94.